The van der Waals surface area contributed by atoms with Crippen LogP contribution in [0.1, 0.15) is 25.2 Å². The summed E-state index contributed by atoms with van der Waals surface area (Å²) in [6.45, 7) is 8.09. The van der Waals surface area contributed by atoms with E-state index in [-0.39, 0.29) is 6.10 Å². The number of ether oxygens (including phenoxy) is 1. The molecule has 4 nitrogen and oxygen atoms in total. The molecule has 0 radical (unpaired) electrons. The van der Waals surface area contributed by atoms with Crippen LogP contribution in [0.4, 0.5) is 0 Å². The van der Waals surface area contributed by atoms with E-state index >= 15 is 0 Å². The van der Waals surface area contributed by atoms with Gasteiger partial charge in [-0.3, -0.25) is 4.40 Å². The SMILES string of the molecule is Cc1nc2ncc(C)n2cc1-c1ccc(OC(C)C)cc1. The number of hydrogen-bond donors (Lipinski definition) is 0. The molecule has 0 atom stereocenters. The molecule has 3 aromatic rings. The predicted molar refractivity (Wildman–Crippen MR) is 83.7 cm³/mol. The average molecular weight is 281 g/mol. The Labute approximate surface area is 124 Å². The maximum atomic E-state index is 5.68. The summed E-state index contributed by atoms with van der Waals surface area (Å²) in [5, 5.41) is 0. The third kappa shape index (κ3) is 2.61. The van der Waals surface area contributed by atoms with Crippen LogP contribution in [-0.4, -0.2) is 20.5 Å². The van der Waals surface area contributed by atoms with Gasteiger partial charge in [-0.2, -0.15) is 0 Å². The molecule has 0 saturated heterocycles. The first-order valence-corrected chi connectivity index (χ1v) is 7.13. The number of rotatable bonds is 3. The van der Waals surface area contributed by atoms with E-state index in [1.165, 1.54) is 0 Å². The van der Waals surface area contributed by atoms with Gasteiger partial charge in [0.25, 0.3) is 0 Å². The Morgan fingerprint density at radius 2 is 1.81 bits per heavy atom. The first-order chi connectivity index (χ1) is 10.0. The van der Waals surface area contributed by atoms with E-state index in [9.17, 15) is 0 Å². The van der Waals surface area contributed by atoms with Gasteiger partial charge in [-0.1, -0.05) is 12.1 Å². The van der Waals surface area contributed by atoms with Crippen molar-refractivity contribution >= 4 is 5.78 Å². The van der Waals surface area contributed by atoms with E-state index in [0.29, 0.717) is 0 Å². The zero-order chi connectivity index (χ0) is 15.0. The van der Waals surface area contributed by atoms with Gasteiger partial charge in [-0.05, 0) is 45.4 Å². The maximum Gasteiger partial charge on any atom is 0.234 e. The number of aryl methyl sites for hydroxylation is 2. The van der Waals surface area contributed by atoms with Crippen molar-refractivity contribution in [3.63, 3.8) is 0 Å². The van der Waals surface area contributed by atoms with Crippen molar-refractivity contribution in [1.29, 1.82) is 0 Å². The van der Waals surface area contributed by atoms with Crippen molar-refractivity contribution in [2.45, 2.75) is 33.8 Å². The zero-order valence-electron chi connectivity index (χ0n) is 12.8. The van der Waals surface area contributed by atoms with Crippen molar-refractivity contribution in [2.24, 2.45) is 0 Å². The maximum absolute atomic E-state index is 5.68. The summed E-state index contributed by atoms with van der Waals surface area (Å²) < 4.78 is 7.70. The molecule has 0 fully saturated rings. The van der Waals surface area contributed by atoms with Crippen LogP contribution in [-0.2, 0) is 0 Å². The van der Waals surface area contributed by atoms with Crippen molar-refractivity contribution in [1.82, 2.24) is 14.4 Å². The minimum absolute atomic E-state index is 0.184. The Morgan fingerprint density at radius 1 is 1.10 bits per heavy atom. The van der Waals surface area contributed by atoms with E-state index < -0.39 is 0 Å². The van der Waals surface area contributed by atoms with Gasteiger partial charge in [-0.25, -0.2) is 9.97 Å². The number of hydrogen-bond acceptors (Lipinski definition) is 3. The second kappa shape index (κ2) is 5.20. The molecular weight excluding hydrogens is 262 g/mol. The van der Waals surface area contributed by atoms with Gasteiger partial charge < -0.3 is 4.74 Å². The van der Waals surface area contributed by atoms with Gasteiger partial charge in [0.2, 0.25) is 5.78 Å². The van der Waals surface area contributed by atoms with Gasteiger partial charge in [-0.15, -0.1) is 0 Å². The summed E-state index contributed by atoms with van der Waals surface area (Å²) in [6.07, 6.45) is 4.12. The quantitative estimate of drug-likeness (QED) is 0.733. The molecule has 0 aliphatic carbocycles. The largest absolute Gasteiger partial charge is 0.491 e. The Bertz CT molecular complexity index is 773. The van der Waals surface area contributed by atoms with E-state index in [1.54, 1.807) is 0 Å². The highest BCUT2D eigenvalue weighted by Gasteiger charge is 2.08. The summed E-state index contributed by atoms with van der Waals surface area (Å²) in [7, 11) is 0. The number of fused-ring (bicyclic) bond motifs is 1. The number of aromatic nitrogens is 3. The summed E-state index contributed by atoms with van der Waals surface area (Å²) in [5.41, 5.74) is 4.30. The van der Waals surface area contributed by atoms with Crippen LogP contribution in [0.15, 0.2) is 36.7 Å². The molecule has 0 amide bonds. The summed E-state index contributed by atoms with van der Waals surface area (Å²) in [6, 6.07) is 8.14. The molecule has 0 saturated carbocycles. The Hall–Kier alpha value is -2.36. The Morgan fingerprint density at radius 3 is 2.48 bits per heavy atom. The van der Waals surface area contributed by atoms with Gasteiger partial charge in [0.15, 0.2) is 0 Å². The molecule has 21 heavy (non-hydrogen) atoms. The highest BCUT2D eigenvalue weighted by atomic mass is 16.5. The van der Waals surface area contributed by atoms with E-state index in [2.05, 4.69) is 28.3 Å². The average Bonchev–Trinajstić information content (AvgIpc) is 2.79. The lowest BCUT2D eigenvalue weighted by atomic mass is 10.1. The first kappa shape index (κ1) is 13.6. The van der Waals surface area contributed by atoms with Crippen LogP contribution in [0.2, 0.25) is 0 Å². The summed E-state index contributed by atoms with van der Waals surface area (Å²) in [5.74, 6) is 1.63. The third-order valence-corrected chi connectivity index (χ3v) is 3.42. The number of benzene rings is 1. The lowest BCUT2D eigenvalue weighted by Gasteiger charge is -2.11. The molecule has 2 heterocycles. The molecule has 0 spiro atoms. The zero-order valence-corrected chi connectivity index (χ0v) is 12.8. The molecule has 2 aromatic heterocycles. The van der Waals surface area contributed by atoms with Crippen molar-refractivity contribution in [3.05, 3.63) is 48.0 Å². The molecule has 108 valence electrons. The Balaban J connectivity index is 2.03. The topological polar surface area (TPSA) is 39.4 Å². The van der Waals surface area contributed by atoms with Crippen LogP contribution < -0.4 is 4.74 Å². The van der Waals surface area contributed by atoms with Crippen molar-refractivity contribution in [2.75, 3.05) is 0 Å². The molecule has 0 unspecified atom stereocenters. The smallest absolute Gasteiger partial charge is 0.234 e. The fourth-order valence-electron chi connectivity index (χ4n) is 2.38. The van der Waals surface area contributed by atoms with E-state index in [1.807, 2.05) is 50.4 Å². The highest BCUT2D eigenvalue weighted by Crippen LogP contribution is 2.25. The van der Waals surface area contributed by atoms with Crippen LogP contribution in [0.5, 0.6) is 5.75 Å². The van der Waals surface area contributed by atoms with E-state index in [4.69, 9.17) is 4.74 Å². The molecule has 0 bridgehead atoms. The predicted octanol–water partition coefficient (Wildman–Crippen LogP) is 3.80. The van der Waals surface area contributed by atoms with Gasteiger partial charge in [0, 0.05) is 17.5 Å². The molecule has 0 aliphatic heterocycles. The summed E-state index contributed by atoms with van der Waals surface area (Å²) >= 11 is 0. The van der Waals surface area contributed by atoms with Gasteiger partial charge in [0.05, 0.1) is 18.0 Å². The number of nitrogens with zero attached hydrogens (tertiary/aromatic N) is 3. The molecule has 3 rings (SSSR count). The fraction of sp³-hybridized carbons (Fsp3) is 0.294. The van der Waals surface area contributed by atoms with Crippen LogP contribution >= 0.6 is 0 Å². The molecular formula is C17H19N3O. The minimum Gasteiger partial charge on any atom is -0.491 e. The minimum atomic E-state index is 0.184. The van der Waals surface area contributed by atoms with Gasteiger partial charge in [0.1, 0.15) is 5.75 Å². The molecule has 0 aliphatic rings. The van der Waals surface area contributed by atoms with Crippen LogP contribution in [0.3, 0.4) is 0 Å². The van der Waals surface area contributed by atoms with Crippen LogP contribution in [0, 0.1) is 13.8 Å². The molecule has 0 N–H and O–H groups in total. The highest BCUT2D eigenvalue weighted by molar-refractivity contribution is 5.66. The summed E-state index contributed by atoms with van der Waals surface area (Å²) in [4.78, 5) is 8.86. The molecule has 1 aromatic carbocycles. The number of imidazole rings is 1. The Kier molecular flexibility index (Phi) is 3.37. The first-order valence-electron chi connectivity index (χ1n) is 7.13. The van der Waals surface area contributed by atoms with Gasteiger partial charge >= 0.3 is 0 Å². The third-order valence-electron chi connectivity index (χ3n) is 3.42. The van der Waals surface area contributed by atoms with Crippen molar-refractivity contribution in [3.8, 4) is 16.9 Å². The second-order valence-electron chi connectivity index (χ2n) is 5.50. The molecule has 4 heteroatoms. The van der Waals surface area contributed by atoms with Crippen LogP contribution in [0.25, 0.3) is 16.9 Å². The van der Waals surface area contributed by atoms with Crippen molar-refractivity contribution < 1.29 is 4.74 Å². The lowest BCUT2D eigenvalue weighted by Crippen LogP contribution is -2.05. The lowest BCUT2D eigenvalue weighted by molar-refractivity contribution is 0.242. The van der Waals surface area contributed by atoms with E-state index in [0.717, 1.165) is 34.0 Å². The standard InChI is InChI=1S/C17H19N3O/c1-11(2)21-15-7-5-14(6-8-15)16-10-20-12(3)9-18-17(20)19-13(16)4/h5-11H,1-4H3. The fourth-order valence-corrected chi connectivity index (χ4v) is 2.38. The second-order valence-corrected chi connectivity index (χ2v) is 5.50. The normalized spacial score (nSPS) is 11.3. The monoisotopic (exact) mass is 281 g/mol.